The summed E-state index contributed by atoms with van der Waals surface area (Å²) in [5, 5.41) is 3.48. The number of furan rings is 1. The molecule has 0 radical (unpaired) electrons. The van der Waals surface area contributed by atoms with Gasteiger partial charge in [0.25, 0.3) is 5.56 Å². The van der Waals surface area contributed by atoms with Crippen molar-refractivity contribution in [3.05, 3.63) is 40.9 Å². The second-order valence-corrected chi connectivity index (χ2v) is 5.16. The molecule has 7 heteroatoms. The summed E-state index contributed by atoms with van der Waals surface area (Å²) in [4.78, 5) is 28.5. The van der Waals surface area contributed by atoms with Gasteiger partial charge in [0.15, 0.2) is 0 Å². The van der Waals surface area contributed by atoms with Crippen molar-refractivity contribution in [3.8, 4) is 0 Å². The molecule has 1 aromatic carbocycles. The van der Waals surface area contributed by atoms with E-state index in [4.69, 9.17) is 10.2 Å². The number of carbonyl (C=O) groups is 1. The van der Waals surface area contributed by atoms with E-state index in [0.29, 0.717) is 17.6 Å². The van der Waals surface area contributed by atoms with E-state index in [9.17, 15) is 9.59 Å². The number of nitrogens with zero attached hydrogens (tertiary/aromatic N) is 2. The standard InChI is InChI=1S/C15H16N4O3/c1-9(6-16)18-12(20)7-19-8-17-13-10-4-2-3-5-11(10)22-14(13)15(19)21/h2-5,8-9H,6-7,16H2,1H3,(H,18,20)/t9-/m0/s1. The molecule has 2 aromatic heterocycles. The molecule has 22 heavy (non-hydrogen) atoms. The zero-order valence-corrected chi connectivity index (χ0v) is 12.1. The molecule has 0 bridgehead atoms. The predicted octanol–water partition coefficient (Wildman–Crippen LogP) is 0.606. The molecule has 114 valence electrons. The molecule has 0 aliphatic carbocycles. The van der Waals surface area contributed by atoms with Crippen LogP contribution in [0.15, 0.2) is 39.8 Å². The maximum absolute atomic E-state index is 12.4. The van der Waals surface area contributed by atoms with Crippen LogP contribution in [0, 0.1) is 0 Å². The minimum absolute atomic E-state index is 0.122. The number of hydrogen-bond acceptors (Lipinski definition) is 5. The third-order valence-electron chi connectivity index (χ3n) is 3.43. The quantitative estimate of drug-likeness (QED) is 0.734. The molecule has 2 heterocycles. The van der Waals surface area contributed by atoms with E-state index < -0.39 is 0 Å². The average molecular weight is 300 g/mol. The smallest absolute Gasteiger partial charge is 0.297 e. The van der Waals surface area contributed by atoms with E-state index in [2.05, 4.69) is 10.3 Å². The number of nitrogens with two attached hydrogens (primary N) is 1. The van der Waals surface area contributed by atoms with Gasteiger partial charge >= 0.3 is 0 Å². The van der Waals surface area contributed by atoms with Gasteiger partial charge in [-0.1, -0.05) is 12.1 Å². The van der Waals surface area contributed by atoms with Crippen LogP contribution in [0.3, 0.4) is 0 Å². The number of hydrogen-bond donors (Lipinski definition) is 2. The molecule has 1 atom stereocenters. The first-order valence-electron chi connectivity index (χ1n) is 6.96. The first-order valence-corrected chi connectivity index (χ1v) is 6.96. The van der Waals surface area contributed by atoms with Crippen LogP contribution in [0.2, 0.25) is 0 Å². The number of benzene rings is 1. The van der Waals surface area contributed by atoms with Crippen LogP contribution >= 0.6 is 0 Å². The van der Waals surface area contributed by atoms with Crippen molar-refractivity contribution in [2.45, 2.75) is 19.5 Å². The number of aromatic nitrogens is 2. The van der Waals surface area contributed by atoms with E-state index in [0.717, 1.165) is 5.39 Å². The Hall–Kier alpha value is -2.67. The first kappa shape index (κ1) is 14.3. The lowest BCUT2D eigenvalue weighted by molar-refractivity contribution is -0.122. The van der Waals surface area contributed by atoms with Crippen molar-refractivity contribution < 1.29 is 9.21 Å². The highest BCUT2D eigenvalue weighted by atomic mass is 16.3. The van der Waals surface area contributed by atoms with E-state index in [1.807, 2.05) is 18.2 Å². The van der Waals surface area contributed by atoms with Crippen molar-refractivity contribution in [3.63, 3.8) is 0 Å². The summed E-state index contributed by atoms with van der Waals surface area (Å²) in [6.45, 7) is 2.01. The third-order valence-corrected chi connectivity index (χ3v) is 3.43. The third kappa shape index (κ3) is 2.46. The lowest BCUT2D eigenvalue weighted by Crippen LogP contribution is -2.41. The van der Waals surface area contributed by atoms with Crippen molar-refractivity contribution in [1.82, 2.24) is 14.9 Å². The lowest BCUT2D eigenvalue weighted by Gasteiger charge is -2.11. The Morgan fingerprint density at radius 2 is 2.23 bits per heavy atom. The molecule has 0 saturated heterocycles. The van der Waals surface area contributed by atoms with Gasteiger partial charge in [-0.15, -0.1) is 0 Å². The zero-order valence-electron chi connectivity index (χ0n) is 12.1. The summed E-state index contributed by atoms with van der Waals surface area (Å²) >= 11 is 0. The normalized spacial score (nSPS) is 12.6. The fourth-order valence-corrected chi connectivity index (χ4v) is 2.26. The largest absolute Gasteiger partial charge is 0.448 e. The Kier molecular flexibility index (Phi) is 3.64. The molecule has 0 saturated carbocycles. The van der Waals surface area contributed by atoms with Gasteiger partial charge in [0.05, 0.1) is 6.33 Å². The molecular formula is C15H16N4O3. The number of amides is 1. The van der Waals surface area contributed by atoms with E-state index in [1.54, 1.807) is 13.0 Å². The van der Waals surface area contributed by atoms with Crippen LogP contribution in [0.5, 0.6) is 0 Å². The number of nitrogens with one attached hydrogen (secondary N) is 1. The average Bonchev–Trinajstić information content (AvgIpc) is 2.89. The van der Waals surface area contributed by atoms with Gasteiger partial charge in [0, 0.05) is 18.0 Å². The predicted molar refractivity (Wildman–Crippen MR) is 82.4 cm³/mol. The van der Waals surface area contributed by atoms with Gasteiger partial charge in [0.2, 0.25) is 11.5 Å². The van der Waals surface area contributed by atoms with Crippen LogP contribution in [-0.2, 0) is 11.3 Å². The molecular weight excluding hydrogens is 284 g/mol. The van der Waals surface area contributed by atoms with E-state index >= 15 is 0 Å². The van der Waals surface area contributed by atoms with Gasteiger partial charge in [-0.3, -0.25) is 14.2 Å². The van der Waals surface area contributed by atoms with E-state index in [1.165, 1.54) is 10.9 Å². The molecule has 0 aliphatic heterocycles. The fourth-order valence-electron chi connectivity index (χ4n) is 2.26. The summed E-state index contributed by atoms with van der Waals surface area (Å²) in [5.74, 6) is -0.294. The van der Waals surface area contributed by atoms with Gasteiger partial charge in [-0.2, -0.15) is 0 Å². The number of carbonyl (C=O) groups excluding carboxylic acids is 1. The van der Waals surface area contributed by atoms with Crippen LogP contribution in [0.25, 0.3) is 22.1 Å². The van der Waals surface area contributed by atoms with Crippen molar-refractivity contribution >= 4 is 28.0 Å². The Morgan fingerprint density at radius 1 is 1.45 bits per heavy atom. The number of rotatable bonds is 4. The van der Waals surface area contributed by atoms with E-state index in [-0.39, 0.29) is 29.6 Å². The van der Waals surface area contributed by atoms with Crippen LogP contribution in [0.4, 0.5) is 0 Å². The van der Waals surface area contributed by atoms with Crippen molar-refractivity contribution in [2.24, 2.45) is 5.73 Å². The molecule has 0 aliphatic rings. The minimum atomic E-state index is -0.378. The monoisotopic (exact) mass is 300 g/mol. The van der Waals surface area contributed by atoms with Gasteiger partial charge in [-0.25, -0.2) is 4.98 Å². The molecule has 0 fully saturated rings. The van der Waals surface area contributed by atoms with Gasteiger partial charge < -0.3 is 15.5 Å². The number of fused-ring (bicyclic) bond motifs is 3. The Balaban J connectivity index is 1.98. The Labute approximate surface area is 125 Å². The first-order chi connectivity index (χ1) is 10.6. The van der Waals surface area contributed by atoms with Crippen molar-refractivity contribution in [1.29, 1.82) is 0 Å². The molecule has 3 aromatic rings. The summed E-state index contributed by atoms with van der Waals surface area (Å²) in [7, 11) is 0. The lowest BCUT2D eigenvalue weighted by atomic mass is 10.2. The molecule has 3 rings (SSSR count). The van der Waals surface area contributed by atoms with Gasteiger partial charge in [0.1, 0.15) is 17.6 Å². The second-order valence-electron chi connectivity index (χ2n) is 5.16. The molecule has 7 nitrogen and oxygen atoms in total. The molecule has 0 spiro atoms. The topological polar surface area (TPSA) is 103 Å². The van der Waals surface area contributed by atoms with Crippen LogP contribution in [0.1, 0.15) is 6.92 Å². The second kappa shape index (κ2) is 5.61. The molecule has 3 N–H and O–H groups in total. The maximum atomic E-state index is 12.4. The maximum Gasteiger partial charge on any atom is 0.297 e. The minimum Gasteiger partial charge on any atom is -0.448 e. The summed E-state index contributed by atoms with van der Waals surface area (Å²) in [6, 6.07) is 7.15. The fraction of sp³-hybridized carbons (Fsp3) is 0.267. The summed E-state index contributed by atoms with van der Waals surface area (Å²) < 4.78 is 6.79. The zero-order chi connectivity index (χ0) is 15.7. The van der Waals surface area contributed by atoms with Gasteiger partial charge in [-0.05, 0) is 19.1 Å². The van der Waals surface area contributed by atoms with Crippen LogP contribution < -0.4 is 16.6 Å². The van der Waals surface area contributed by atoms with Crippen molar-refractivity contribution in [2.75, 3.05) is 6.54 Å². The number of para-hydroxylation sites is 1. The molecule has 0 unspecified atom stereocenters. The highest BCUT2D eigenvalue weighted by Crippen LogP contribution is 2.23. The summed E-state index contributed by atoms with van der Waals surface area (Å²) in [6.07, 6.45) is 1.36. The SMILES string of the molecule is C[C@@H](CN)NC(=O)Cn1cnc2c(oc3ccccc32)c1=O. The van der Waals surface area contributed by atoms with Crippen LogP contribution in [-0.4, -0.2) is 28.0 Å². The Bertz CT molecular complexity index is 897. The Morgan fingerprint density at radius 3 is 3.00 bits per heavy atom. The summed E-state index contributed by atoms with van der Waals surface area (Å²) in [5.41, 5.74) is 6.33. The molecule has 1 amide bonds. The highest BCUT2D eigenvalue weighted by molar-refractivity contribution is 6.01. The highest BCUT2D eigenvalue weighted by Gasteiger charge is 2.14.